The average molecular weight is 346 g/mol. The van der Waals surface area contributed by atoms with Gasteiger partial charge in [-0.15, -0.1) is 0 Å². The zero-order valence-electron chi connectivity index (χ0n) is 14.1. The first-order valence-corrected chi connectivity index (χ1v) is 9.36. The molecule has 0 heterocycles. The van der Waals surface area contributed by atoms with Crippen LogP contribution in [0.25, 0.3) is 0 Å². The summed E-state index contributed by atoms with van der Waals surface area (Å²) in [5.74, 6) is -0.168. The Morgan fingerprint density at radius 1 is 1.04 bits per heavy atom. The predicted octanol–water partition coefficient (Wildman–Crippen LogP) is 3.53. The highest BCUT2D eigenvalue weighted by atomic mass is 32.2. The Bertz CT molecular complexity index is 802. The molecular formula is C18H22N2O3S. The number of carbonyl (C=O) groups is 1. The molecule has 0 aliphatic rings. The molecule has 0 saturated carbocycles. The van der Waals surface area contributed by atoms with Gasteiger partial charge in [-0.1, -0.05) is 36.4 Å². The van der Waals surface area contributed by atoms with Crippen molar-refractivity contribution in [3.05, 3.63) is 60.2 Å². The van der Waals surface area contributed by atoms with E-state index in [4.69, 9.17) is 0 Å². The molecule has 0 bridgehead atoms. The van der Waals surface area contributed by atoms with Gasteiger partial charge >= 0.3 is 6.03 Å². The van der Waals surface area contributed by atoms with Gasteiger partial charge in [0.2, 0.25) is 0 Å². The SMILES string of the molecule is CC(C)N(C)C(=O)Nc1ccccc1CS(=O)(=O)c1ccccc1. The Labute approximate surface area is 143 Å². The summed E-state index contributed by atoms with van der Waals surface area (Å²) in [5, 5.41) is 2.79. The second-order valence-electron chi connectivity index (χ2n) is 5.86. The molecule has 0 aliphatic carbocycles. The summed E-state index contributed by atoms with van der Waals surface area (Å²) < 4.78 is 25.1. The van der Waals surface area contributed by atoms with Gasteiger partial charge in [-0.25, -0.2) is 13.2 Å². The van der Waals surface area contributed by atoms with Crippen LogP contribution in [0.4, 0.5) is 10.5 Å². The van der Waals surface area contributed by atoms with Crippen LogP contribution in [0.2, 0.25) is 0 Å². The number of hydrogen-bond acceptors (Lipinski definition) is 3. The van der Waals surface area contributed by atoms with Gasteiger partial charge in [0.15, 0.2) is 9.84 Å². The number of sulfone groups is 1. The second-order valence-corrected chi connectivity index (χ2v) is 7.85. The third-order valence-corrected chi connectivity index (χ3v) is 5.48. The van der Waals surface area contributed by atoms with Gasteiger partial charge in [0.05, 0.1) is 10.6 Å². The normalized spacial score (nSPS) is 11.3. The number of anilines is 1. The molecule has 2 rings (SSSR count). The van der Waals surface area contributed by atoms with Crippen molar-refractivity contribution in [1.82, 2.24) is 4.90 Å². The van der Waals surface area contributed by atoms with Crippen LogP contribution in [0.3, 0.4) is 0 Å². The number of para-hydroxylation sites is 1. The summed E-state index contributed by atoms with van der Waals surface area (Å²) >= 11 is 0. The lowest BCUT2D eigenvalue weighted by Gasteiger charge is -2.22. The van der Waals surface area contributed by atoms with Crippen LogP contribution in [0.5, 0.6) is 0 Å². The summed E-state index contributed by atoms with van der Waals surface area (Å²) in [5.41, 5.74) is 1.07. The summed E-state index contributed by atoms with van der Waals surface area (Å²) in [6, 6.07) is 15.0. The molecule has 0 aromatic heterocycles. The van der Waals surface area contributed by atoms with Gasteiger partial charge in [-0.05, 0) is 37.6 Å². The monoisotopic (exact) mass is 346 g/mol. The molecule has 2 amide bonds. The minimum absolute atomic E-state index is 0.0465. The quantitative estimate of drug-likeness (QED) is 0.900. The zero-order chi connectivity index (χ0) is 17.7. The van der Waals surface area contributed by atoms with E-state index < -0.39 is 9.84 Å². The standard InChI is InChI=1S/C18H22N2O3S/c1-14(2)20(3)18(21)19-17-12-8-7-9-15(17)13-24(22,23)16-10-5-4-6-11-16/h4-12,14H,13H2,1-3H3,(H,19,21). The Balaban J connectivity index is 2.25. The Morgan fingerprint density at radius 3 is 2.25 bits per heavy atom. The maximum Gasteiger partial charge on any atom is 0.321 e. The van der Waals surface area contributed by atoms with E-state index in [1.165, 1.54) is 0 Å². The van der Waals surface area contributed by atoms with Crippen molar-refractivity contribution in [2.75, 3.05) is 12.4 Å². The molecule has 0 atom stereocenters. The smallest absolute Gasteiger partial charge is 0.321 e. The van der Waals surface area contributed by atoms with Crippen LogP contribution in [-0.2, 0) is 15.6 Å². The second kappa shape index (κ2) is 7.49. The van der Waals surface area contributed by atoms with Gasteiger partial charge in [0.25, 0.3) is 0 Å². The molecule has 5 nitrogen and oxygen atoms in total. The number of hydrogen-bond donors (Lipinski definition) is 1. The molecule has 2 aromatic carbocycles. The molecule has 0 spiro atoms. The molecule has 0 radical (unpaired) electrons. The Kier molecular flexibility index (Phi) is 5.62. The fourth-order valence-corrected chi connectivity index (χ4v) is 3.52. The fraction of sp³-hybridized carbons (Fsp3) is 0.278. The predicted molar refractivity (Wildman–Crippen MR) is 95.7 cm³/mol. The van der Waals surface area contributed by atoms with Gasteiger partial charge < -0.3 is 10.2 Å². The zero-order valence-corrected chi connectivity index (χ0v) is 14.9. The van der Waals surface area contributed by atoms with Crippen LogP contribution < -0.4 is 5.32 Å². The molecular weight excluding hydrogens is 324 g/mol. The van der Waals surface area contributed by atoms with E-state index in [0.717, 1.165) is 0 Å². The van der Waals surface area contributed by atoms with E-state index in [2.05, 4.69) is 5.32 Å². The molecule has 128 valence electrons. The summed E-state index contributed by atoms with van der Waals surface area (Å²) in [4.78, 5) is 14.0. The van der Waals surface area contributed by atoms with E-state index in [-0.39, 0.29) is 22.7 Å². The fourth-order valence-electron chi connectivity index (χ4n) is 2.12. The minimum Gasteiger partial charge on any atom is -0.325 e. The highest BCUT2D eigenvalue weighted by Crippen LogP contribution is 2.22. The van der Waals surface area contributed by atoms with E-state index in [1.807, 2.05) is 13.8 Å². The first-order valence-electron chi connectivity index (χ1n) is 7.71. The number of urea groups is 1. The number of nitrogens with one attached hydrogen (secondary N) is 1. The van der Waals surface area contributed by atoms with Crippen LogP contribution in [0, 0.1) is 0 Å². The number of amides is 2. The van der Waals surface area contributed by atoms with E-state index >= 15 is 0 Å². The first-order chi connectivity index (χ1) is 11.3. The lowest BCUT2D eigenvalue weighted by atomic mass is 10.2. The first kappa shape index (κ1) is 18.0. The number of carbonyl (C=O) groups excluding carboxylic acids is 1. The largest absolute Gasteiger partial charge is 0.325 e. The Morgan fingerprint density at radius 2 is 1.62 bits per heavy atom. The number of benzene rings is 2. The topological polar surface area (TPSA) is 66.5 Å². The molecule has 24 heavy (non-hydrogen) atoms. The van der Waals surface area contributed by atoms with Gasteiger partial charge in [-0.3, -0.25) is 0 Å². The summed E-state index contributed by atoms with van der Waals surface area (Å²) in [6.07, 6.45) is 0. The molecule has 0 saturated heterocycles. The maximum absolute atomic E-state index is 12.6. The highest BCUT2D eigenvalue weighted by Gasteiger charge is 2.19. The van der Waals surface area contributed by atoms with E-state index in [1.54, 1.807) is 66.5 Å². The van der Waals surface area contributed by atoms with Gasteiger partial charge in [0.1, 0.15) is 0 Å². The minimum atomic E-state index is -3.47. The van der Waals surface area contributed by atoms with Crippen molar-refractivity contribution >= 4 is 21.6 Å². The lowest BCUT2D eigenvalue weighted by molar-refractivity contribution is 0.211. The number of rotatable bonds is 5. The third-order valence-electron chi connectivity index (χ3n) is 3.80. The lowest BCUT2D eigenvalue weighted by Crippen LogP contribution is -2.36. The van der Waals surface area contributed by atoms with E-state index in [9.17, 15) is 13.2 Å². The van der Waals surface area contributed by atoms with Crippen molar-refractivity contribution in [3.8, 4) is 0 Å². The molecule has 0 aliphatic heterocycles. The third kappa shape index (κ3) is 4.35. The van der Waals surface area contributed by atoms with E-state index in [0.29, 0.717) is 11.3 Å². The van der Waals surface area contributed by atoms with Crippen molar-refractivity contribution in [1.29, 1.82) is 0 Å². The van der Waals surface area contributed by atoms with Crippen LogP contribution in [0.15, 0.2) is 59.5 Å². The molecule has 2 aromatic rings. The molecule has 1 N–H and O–H groups in total. The van der Waals surface area contributed by atoms with Crippen LogP contribution >= 0.6 is 0 Å². The van der Waals surface area contributed by atoms with Crippen molar-refractivity contribution in [2.45, 2.75) is 30.5 Å². The number of nitrogens with zero attached hydrogens (tertiary/aromatic N) is 1. The summed E-state index contributed by atoms with van der Waals surface area (Å²) in [6.45, 7) is 3.82. The van der Waals surface area contributed by atoms with Crippen LogP contribution in [0.1, 0.15) is 19.4 Å². The van der Waals surface area contributed by atoms with Crippen LogP contribution in [-0.4, -0.2) is 32.4 Å². The van der Waals surface area contributed by atoms with Crippen molar-refractivity contribution in [3.63, 3.8) is 0 Å². The highest BCUT2D eigenvalue weighted by molar-refractivity contribution is 7.90. The Hall–Kier alpha value is -2.34. The maximum atomic E-state index is 12.6. The van der Waals surface area contributed by atoms with Gasteiger partial charge in [-0.2, -0.15) is 0 Å². The van der Waals surface area contributed by atoms with Crippen molar-refractivity contribution in [2.24, 2.45) is 0 Å². The van der Waals surface area contributed by atoms with Crippen molar-refractivity contribution < 1.29 is 13.2 Å². The molecule has 6 heteroatoms. The molecule has 0 fully saturated rings. The summed E-state index contributed by atoms with van der Waals surface area (Å²) in [7, 11) is -1.78. The average Bonchev–Trinajstić information content (AvgIpc) is 2.56. The van der Waals surface area contributed by atoms with Gasteiger partial charge in [0, 0.05) is 18.8 Å². The molecule has 0 unspecified atom stereocenters.